The molecule has 0 amide bonds. The summed E-state index contributed by atoms with van der Waals surface area (Å²) in [5.41, 5.74) is 0.224. The van der Waals surface area contributed by atoms with Gasteiger partial charge in [0, 0.05) is 27.2 Å². The lowest BCUT2D eigenvalue weighted by molar-refractivity contribution is 0.385. The van der Waals surface area contributed by atoms with Crippen molar-refractivity contribution in [3.05, 3.63) is 30.2 Å². The minimum Gasteiger partial charge on any atom is -0.494 e. The van der Waals surface area contributed by atoms with Gasteiger partial charge in [-0.15, -0.1) is 0 Å². The van der Waals surface area contributed by atoms with Crippen LogP contribution in [0.3, 0.4) is 0 Å². The summed E-state index contributed by atoms with van der Waals surface area (Å²) in [5, 5.41) is 0. The number of ether oxygens (including phenoxy) is 1. The summed E-state index contributed by atoms with van der Waals surface area (Å²) < 4.78 is 46.6. The maximum Gasteiger partial charge on any atom is 0.262 e. The van der Waals surface area contributed by atoms with Crippen molar-refractivity contribution in [2.75, 3.05) is 48.8 Å². The molecule has 0 radical (unpaired) electrons. The Morgan fingerprint density at radius 1 is 1.21 bits per heavy atom. The van der Waals surface area contributed by atoms with Crippen LogP contribution in [0, 0.1) is 5.82 Å². The van der Waals surface area contributed by atoms with Gasteiger partial charge in [0.15, 0.2) is 17.4 Å². The zero-order chi connectivity index (χ0) is 20.3. The Balaban J connectivity index is 1.91. The van der Waals surface area contributed by atoms with E-state index in [0.29, 0.717) is 11.8 Å². The Bertz CT molecular complexity index is 946. The quantitative estimate of drug-likeness (QED) is 0.784. The van der Waals surface area contributed by atoms with E-state index >= 15 is 0 Å². The van der Waals surface area contributed by atoms with Gasteiger partial charge >= 0.3 is 0 Å². The van der Waals surface area contributed by atoms with Gasteiger partial charge in [-0.25, -0.2) is 17.8 Å². The topological polar surface area (TPSA) is 87.7 Å². The van der Waals surface area contributed by atoms with Crippen molar-refractivity contribution in [1.29, 1.82) is 0 Å². The molecule has 28 heavy (non-hydrogen) atoms. The Kier molecular flexibility index (Phi) is 5.87. The van der Waals surface area contributed by atoms with Crippen LogP contribution in [-0.4, -0.2) is 52.7 Å². The average molecular weight is 409 g/mol. The van der Waals surface area contributed by atoms with Gasteiger partial charge in [0.1, 0.15) is 5.69 Å². The highest BCUT2D eigenvalue weighted by Gasteiger charge is 2.22. The molecule has 0 unspecified atom stereocenters. The number of sulfonamides is 1. The van der Waals surface area contributed by atoms with Crippen molar-refractivity contribution >= 4 is 27.5 Å². The van der Waals surface area contributed by atoms with Crippen LogP contribution in [0.1, 0.15) is 19.3 Å². The zero-order valence-electron chi connectivity index (χ0n) is 16.1. The number of halogens is 1. The third-order valence-corrected chi connectivity index (χ3v) is 5.86. The van der Waals surface area contributed by atoms with E-state index in [-0.39, 0.29) is 16.3 Å². The smallest absolute Gasteiger partial charge is 0.262 e. The number of hydrogen-bond donors (Lipinski definition) is 1. The van der Waals surface area contributed by atoms with Crippen LogP contribution < -0.4 is 19.3 Å². The maximum atomic E-state index is 13.9. The largest absolute Gasteiger partial charge is 0.494 e. The van der Waals surface area contributed by atoms with Crippen molar-refractivity contribution in [2.45, 2.75) is 24.2 Å². The Morgan fingerprint density at radius 2 is 1.93 bits per heavy atom. The fraction of sp³-hybridized carbons (Fsp3) is 0.444. The van der Waals surface area contributed by atoms with Crippen molar-refractivity contribution in [1.82, 2.24) is 9.97 Å². The lowest BCUT2D eigenvalue weighted by Crippen LogP contribution is -2.31. The van der Waals surface area contributed by atoms with Gasteiger partial charge in [0.05, 0.1) is 18.2 Å². The van der Waals surface area contributed by atoms with Gasteiger partial charge in [-0.1, -0.05) is 0 Å². The van der Waals surface area contributed by atoms with E-state index < -0.39 is 15.8 Å². The number of hydrogen-bond acceptors (Lipinski definition) is 7. The lowest BCUT2D eigenvalue weighted by atomic mass is 10.1. The van der Waals surface area contributed by atoms with E-state index in [4.69, 9.17) is 4.74 Å². The van der Waals surface area contributed by atoms with Crippen LogP contribution >= 0.6 is 0 Å². The normalized spacial score (nSPS) is 14.6. The predicted octanol–water partition coefficient (Wildman–Crippen LogP) is 2.48. The van der Waals surface area contributed by atoms with E-state index in [0.717, 1.165) is 32.0 Å². The summed E-state index contributed by atoms with van der Waals surface area (Å²) in [7, 11) is 0.837. The van der Waals surface area contributed by atoms with Gasteiger partial charge < -0.3 is 14.5 Å². The Labute approximate surface area is 164 Å². The minimum atomic E-state index is -4.02. The standard InChI is InChI=1S/C18H24FN5O3S/c1-23(2)17-15(12-20-18(21-17)24-9-5-4-6-10-24)22-28(25,26)13-7-8-16(27-3)14(19)11-13/h7-8,11-12,22H,4-6,9-10H2,1-3H3. The lowest BCUT2D eigenvalue weighted by Gasteiger charge is -2.28. The molecule has 1 aliphatic rings. The highest BCUT2D eigenvalue weighted by Crippen LogP contribution is 2.28. The van der Waals surface area contributed by atoms with Crippen molar-refractivity contribution in [2.24, 2.45) is 0 Å². The SMILES string of the molecule is COc1ccc(S(=O)(=O)Nc2cnc(N3CCCCC3)nc2N(C)C)cc1F. The maximum absolute atomic E-state index is 13.9. The molecule has 1 fully saturated rings. The Morgan fingerprint density at radius 3 is 2.54 bits per heavy atom. The van der Waals surface area contributed by atoms with Crippen molar-refractivity contribution in [3.8, 4) is 5.75 Å². The molecule has 152 valence electrons. The molecule has 8 nitrogen and oxygen atoms in total. The first kappa shape index (κ1) is 20.1. The van der Waals surface area contributed by atoms with Gasteiger partial charge in [-0.3, -0.25) is 4.72 Å². The fourth-order valence-corrected chi connectivity index (χ4v) is 4.10. The average Bonchev–Trinajstić information content (AvgIpc) is 2.68. The van der Waals surface area contributed by atoms with Crippen LogP contribution in [0.25, 0.3) is 0 Å². The summed E-state index contributed by atoms with van der Waals surface area (Å²) in [4.78, 5) is 12.5. The summed E-state index contributed by atoms with van der Waals surface area (Å²) in [6.07, 6.45) is 4.80. The first-order valence-corrected chi connectivity index (χ1v) is 10.5. The van der Waals surface area contributed by atoms with E-state index in [2.05, 4.69) is 19.6 Å². The molecule has 0 spiro atoms. The number of nitrogens with zero attached hydrogens (tertiary/aromatic N) is 4. The molecule has 2 aromatic rings. The molecule has 2 heterocycles. The van der Waals surface area contributed by atoms with E-state index in [9.17, 15) is 12.8 Å². The molecule has 3 rings (SSSR count). The van der Waals surface area contributed by atoms with Crippen LogP contribution in [0.4, 0.5) is 21.8 Å². The molecule has 10 heteroatoms. The molecule has 0 aliphatic carbocycles. The Hall–Kier alpha value is -2.62. The van der Waals surface area contributed by atoms with Crippen LogP contribution in [0.15, 0.2) is 29.3 Å². The van der Waals surface area contributed by atoms with Gasteiger partial charge in [-0.05, 0) is 37.5 Å². The molecular weight excluding hydrogens is 385 g/mol. The van der Waals surface area contributed by atoms with Crippen molar-refractivity contribution in [3.63, 3.8) is 0 Å². The summed E-state index contributed by atoms with van der Waals surface area (Å²) in [6.45, 7) is 1.76. The van der Waals surface area contributed by atoms with Crippen molar-refractivity contribution < 1.29 is 17.5 Å². The van der Waals surface area contributed by atoms with Gasteiger partial charge in [0.2, 0.25) is 5.95 Å². The minimum absolute atomic E-state index is 0.0258. The summed E-state index contributed by atoms with van der Waals surface area (Å²) >= 11 is 0. The molecule has 1 N–H and O–H groups in total. The number of methoxy groups -OCH3 is 1. The first-order chi connectivity index (χ1) is 13.3. The fourth-order valence-electron chi connectivity index (χ4n) is 3.04. The first-order valence-electron chi connectivity index (χ1n) is 8.97. The van der Waals surface area contributed by atoms with Crippen LogP contribution in [0.2, 0.25) is 0 Å². The summed E-state index contributed by atoms with van der Waals surface area (Å²) in [6, 6.07) is 3.47. The molecule has 0 atom stereocenters. The van der Waals surface area contributed by atoms with Gasteiger partial charge in [-0.2, -0.15) is 4.98 Å². The van der Waals surface area contributed by atoms with E-state index in [1.807, 2.05) is 0 Å². The molecular formula is C18H24FN5O3S. The number of piperidine rings is 1. The molecule has 1 aromatic heterocycles. The molecule has 1 saturated heterocycles. The second-order valence-corrected chi connectivity index (χ2v) is 8.43. The van der Waals surface area contributed by atoms with Gasteiger partial charge in [0.25, 0.3) is 10.0 Å². The second-order valence-electron chi connectivity index (χ2n) is 6.75. The third-order valence-electron chi connectivity index (χ3n) is 4.50. The van der Waals surface area contributed by atoms with Crippen LogP contribution in [0.5, 0.6) is 5.75 Å². The third kappa shape index (κ3) is 4.27. The highest BCUT2D eigenvalue weighted by molar-refractivity contribution is 7.92. The summed E-state index contributed by atoms with van der Waals surface area (Å²) in [5.74, 6) is 0.229. The monoisotopic (exact) mass is 409 g/mol. The highest BCUT2D eigenvalue weighted by atomic mass is 32.2. The predicted molar refractivity (Wildman–Crippen MR) is 106 cm³/mol. The zero-order valence-corrected chi connectivity index (χ0v) is 17.0. The molecule has 0 bridgehead atoms. The number of anilines is 3. The number of rotatable bonds is 6. The van der Waals surface area contributed by atoms with E-state index in [1.54, 1.807) is 19.0 Å². The number of benzene rings is 1. The molecule has 1 aliphatic heterocycles. The van der Waals surface area contributed by atoms with Crippen LogP contribution in [-0.2, 0) is 10.0 Å². The molecule has 0 saturated carbocycles. The van der Waals surface area contributed by atoms with E-state index in [1.165, 1.54) is 31.9 Å². The second kappa shape index (κ2) is 8.17. The number of nitrogens with one attached hydrogen (secondary N) is 1. The number of aromatic nitrogens is 2. The molecule has 1 aromatic carbocycles.